The molecule has 8 heteroatoms. The van der Waals surface area contributed by atoms with E-state index in [2.05, 4.69) is 20.4 Å². The maximum absolute atomic E-state index is 11.6. The van der Waals surface area contributed by atoms with E-state index in [1.807, 2.05) is 0 Å². The number of nitrogens with one attached hydrogen (secondary N) is 1. The molecule has 0 radical (unpaired) electrons. The number of anilines is 1. The monoisotopic (exact) mass is 253 g/mol. The van der Waals surface area contributed by atoms with E-state index in [1.54, 1.807) is 12.3 Å². The molecule has 0 fully saturated rings. The third-order valence-electron chi connectivity index (χ3n) is 1.96. The van der Waals surface area contributed by atoms with Crippen molar-refractivity contribution in [1.82, 2.24) is 20.4 Å². The number of carbonyl (C=O) groups excluding carboxylic acids is 1. The Bertz CT molecular complexity index is 521. The van der Waals surface area contributed by atoms with Crippen molar-refractivity contribution in [3.63, 3.8) is 0 Å². The fourth-order valence-corrected chi connectivity index (χ4v) is 1.76. The summed E-state index contributed by atoms with van der Waals surface area (Å²) in [6, 6.07) is 0. The normalized spacial score (nSPS) is 10.4. The van der Waals surface area contributed by atoms with Gasteiger partial charge < -0.3 is 15.6 Å². The summed E-state index contributed by atoms with van der Waals surface area (Å²) >= 11 is 1.23. The Balaban J connectivity index is 1.81. The highest BCUT2D eigenvalue weighted by molar-refractivity contribution is 7.13. The number of aromatic nitrogens is 3. The molecule has 0 spiro atoms. The lowest BCUT2D eigenvalue weighted by Gasteiger charge is -1.99. The quantitative estimate of drug-likeness (QED) is 0.816. The summed E-state index contributed by atoms with van der Waals surface area (Å²) in [5.41, 5.74) is 5.76. The third-order valence-corrected chi connectivity index (χ3v) is 2.63. The molecule has 0 atom stereocenters. The molecule has 0 saturated carbocycles. The van der Waals surface area contributed by atoms with Crippen LogP contribution in [0.5, 0.6) is 0 Å². The van der Waals surface area contributed by atoms with Crippen molar-refractivity contribution in [3.8, 4) is 0 Å². The van der Waals surface area contributed by atoms with Crippen LogP contribution in [0.4, 0.5) is 5.13 Å². The van der Waals surface area contributed by atoms with Gasteiger partial charge in [0, 0.05) is 25.3 Å². The van der Waals surface area contributed by atoms with Crippen LogP contribution in [0.15, 0.2) is 9.90 Å². The fraction of sp³-hybridized carbons (Fsp3) is 0.333. The van der Waals surface area contributed by atoms with Crippen LogP contribution in [0.3, 0.4) is 0 Å². The van der Waals surface area contributed by atoms with Gasteiger partial charge in [-0.25, -0.2) is 4.98 Å². The zero-order valence-electron chi connectivity index (χ0n) is 9.14. The molecule has 0 bridgehead atoms. The first-order valence-electron chi connectivity index (χ1n) is 4.93. The highest BCUT2D eigenvalue weighted by atomic mass is 32.1. The Morgan fingerprint density at radius 2 is 2.41 bits per heavy atom. The predicted molar refractivity (Wildman–Crippen MR) is 61.6 cm³/mol. The topological polar surface area (TPSA) is 107 Å². The Hall–Kier alpha value is -1.96. The number of nitrogen functional groups attached to an aromatic ring is 1. The average Bonchev–Trinajstić information content (AvgIpc) is 2.88. The minimum atomic E-state index is -0.252. The molecule has 0 saturated heterocycles. The Labute approximate surface area is 101 Å². The van der Waals surface area contributed by atoms with Gasteiger partial charge in [0.05, 0.1) is 0 Å². The minimum Gasteiger partial charge on any atom is -0.375 e. The predicted octanol–water partition coefficient (Wildman–Crippen LogP) is 0.389. The van der Waals surface area contributed by atoms with Crippen molar-refractivity contribution >= 4 is 22.4 Å². The number of thiazole rings is 1. The van der Waals surface area contributed by atoms with Crippen LogP contribution in [0, 0.1) is 6.92 Å². The molecule has 0 aliphatic carbocycles. The van der Waals surface area contributed by atoms with Gasteiger partial charge in [0.15, 0.2) is 11.0 Å². The van der Waals surface area contributed by atoms with Crippen molar-refractivity contribution in [2.45, 2.75) is 13.3 Å². The van der Waals surface area contributed by atoms with Gasteiger partial charge >= 0.3 is 0 Å². The summed E-state index contributed by atoms with van der Waals surface area (Å²) in [7, 11) is 0. The number of nitrogens with zero attached hydrogens (tertiary/aromatic N) is 3. The SMILES string of the molecule is Cc1nc(CCNC(=O)c2csc(N)n2)no1. The molecule has 3 N–H and O–H groups in total. The van der Waals surface area contributed by atoms with Crippen LogP contribution in [-0.2, 0) is 6.42 Å². The lowest BCUT2D eigenvalue weighted by atomic mass is 10.4. The number of nitrogens with two attached hydrogens (primary N) is 1. The highest BCUT2D eigenvalue weighted by Gasteiger charge is 2.09. The molecule has 0 aromatic carbocycles. The molecule has 0 aliphatic heterocycles. The molecule has 17 heavy (non-hydrogen) atoms. The van der Waals surface area contributed by atoms with Gasteiger partial charge in [-0.3, -0.25) is 4.79 Å². The molecule has 2 rings (SSSR count). The second-order valence-electron chi connectivity index (χ2n) is 3.31. The molecule has 0 aliphatic rings. The van der Waals surface area contributed by atoms with Crippen LogP contribution in [0.2, 0.25) is 0 Å². The molecule has 2 aromatic rings. The number of hydrogen-bond donors (Lipinski definition) is 2. The molecule has 2 aromatic heterocycles. The molecule has 1 amide bonds. The second kappa shape index (κ2) is 4.91. The fourth-order valence-electron chi connectivity index (χ4n) is 1.21. The molecule has 0 unspecified atom stereocenters. The van der Waals surface area contributed by atoms with Crippen LogP contribution in [0.25, 0.3) is 0 Å². The molecular formula is C9H11N5O2S. The first-order valence-corrected chi connectivity index (χ1v) is 5.81. The van der Waals surface area contributed by atoms with Crippen LogP contribution < -0.4 is 11.1 Å². The second-order valence-corrected chi connectivity index (χ2v) is 4.20. The Kier molecular flexibility index (Phi) is 3.33. The van der Waals surface area contributed by atoms with E-state index in [9.17, 15) is 4.79 Å². The summed E-state index contributed by atoms with van der Waals surface area (Å²) < 4.78 is 4.81. The lowest BCUT2D eigenvalue weighted by molar-refractivity contribution is 0.0949. The number of carbonyl (C=O) groups is 1. The van der Waals surface area contributed by atoms with Gasteiger partial charge in [0.2, 0.25) is 5.89 Å². The van der Waals surface area contributed by atoms with Crippen molar-refractivity contribution < 1.29 is 9.32 Å². The van der Waals surface area contributed by atoms with Crippen molar-refractivity contribution in [1.29, 1.82) is 0 Å². The zero-order valence-corrected chi connectivity index (χ0v) is 9.95. The maximum atomic E-state index is 11.6. The van der Waals surface area contributed by atoms with Gasteiger partial charge in [0.1, 0.15) is 5.69 Å². The van der Waals surface area contributed by atoms with Crippen molar-refractivity contribution in [2.24, 2.45) is 0 Å². The summed E-state index contributed by atoms with van der Waals surface area (Å²) in [5, 5.41) is 8.41. The zero-order chi connectivity index (χ0) is 12.3. The average molecular weight is 253 g/mol. The summed E-state index contributed by atoms with van der Waals surface area (Å²) in [5.74, 6) is 0.831. The largest absolute Gasteiger partial charge is 0.375 e. The van der Waals surface area contributed by atoms with E-state index in [0.29, 0.717) is 35.5 Å². The smallest absolute Gasteiger partial charge is 0.270 e. The number of hydrogen-bond acceptors (Lipinski definition) is 7. The Morgan fingerprint density at radius 1 is 1.59 bits per heavy atom. The van der Waals surface area contributed by atoms with E-state index < -0.39 is 0 Å². The summed E-state index contributed by atoms with van der Waals surface area (Å²) in [6.45, 7) is 2.14. The van der Waals surface area contributed by atoms with E-state index in [1.165, 1.54) is 11.3 Å². The van der Waals surface area contributed by atoms with Gasteiger partial charge in [-0.2, -0.15) is 4.98 Å². The molecule has 7 nitrogen and oxygen atoms in total. The maximum Gasteiger partial charge on any atom is 0.270 e. The van der Waals surface area contributed by atoms with Crippen LogP contribution in [-0.4, -0.2) is 27.6 Å². The highest BCUT2D eigenvalue weighted by Crippen LogP contribution is 2.10. The molecule has 90 valence electrons. The van der Waals surface area contributed by atoms with Gasteiger partial charge in [0.25, 0.3) is 5.91 Å². The molecular weight excluding hydrogens is 242 g/mol. The van der Waals surface area contributed by atoms with Crippen LogP contribution in [0.1, 0.15) is 22.2 Å². The third kappa shape index (κ3) is 3.00. The Morgan fingerprint density at radius 3 is 3.00 bits per heavy atom. The van der Waals surface area contributed by atoms with E-state index >= 15 is 0 Å². The molecule has 2 heterocycles. The van der Waals surface area contributed by atoms with Crippen molar-refractivity contribution in [3.05, 3.63) is 22.8 Å². The number of aryl methyl sites for hydroxylation is 1. The lowest BCUT2D eigenvalue weighted by Crippen LogP contribution is -2.26. The number of rotatable bonds is 4. The standard InChI is InChI=1S/C9H11N5O2S/c1-5-12-7(14-16-5)2-3-11-8(15)6-4-17-9(10)13-6/h4H,2-3H2,1H3,(H2,10,13)(H,11,15). The van der Waals surface area contributed by atoms with Gasteiger partial charge in [-0.05, 0) is 0 Å². The van der Waals surface area contributed by atoms with Gasteiger partial charge in [-0.15, -0.1) is 11.3 Å². The van der Waals surface area contributed by atoms with E-state index in [-0.39, 0.29) is 5.91 Å². The summed E-state index contributed by atoms with van der Waals surface area (Å²) in [4.78, 5) is 19.5. The first kappa shape index (κ1) is 11.5. The van der Waals surface area contributed by atoms with Crippen molar-refractivity contribution in [2.75, 3.05) is 12.3 Å². The summed E-state index contributed by atoms with van der Waals surface area (Å²) in [6.07, 6.45) is 0.517. The van der Waals surface area contributed by atoms with Gasteiger partial charge in [-0.1, -0.05) is 5.16 Å². The van der Waals surface area contributed by atoms with E-state index in [4.69, 9.17) is 10.3 Å². The minimum absolute atomic E-state index is 0.252. The van der Waals surface area contributed by atoms with E-state index in [0.717, 1.165) is 0 Å². The van der Waals surface area contributed by atoms with Crippen LogP contribution >= 0.6 is 11.3 Å². The number of amides is 1. The first-order chi connectivity index (χ1) is 8.15.